The van der Waals surface area contributed by atoms with Gasteiger partial charge in [0.2, 0.25) is 0 Å². The van der Waals surface area contributed by atoms with Crippen LogP contribution in [0.4, 0.5) is 0 Å². The number of hydrogen-bond acceptors (Lipinski definition) is 7. The number of carbonyl (C=O) groups is 1. The van der Waals surface area contributed by atoms with Crippen molar-refractivity contribution in [2.45, 2.75) is 26.4 Å². The van der Waals surface area contributed by atoms with Gasteiger partial charge >= 0.3 is 5.97 Å². The van der Waals surface area contributed by atoms with E-state index in [4.69, 9.17) is 19.0 Å². The molecule has 1 aromatic heterocycles. The summed E-state index contributed by atoms with van der Waals surface area (Å²) in [5.74, 6) is 0.929. The molecule has 0 radical (unpaired) electrons. The predicted octanol–water partition coefficient (Wildman–Crippen LogP) is 6.12. The summed E-state index contributed by atoms with van der Waals surface area (Å²) < 4.78 is 16.9. The molecule has 39 heavy (non-hydrogen) atoms. The van der Waals surface area contributed by atoms with Gasteiger partial charge in [0.25, 0.3) is 0 Å². The van der Waals surface area contributed by atoms with Gasteiger partial charge < -0.3 is 19.0 Å². The minimum absolute atomic E-state index is 0.296. The molecule has 1 atom stereocenters. The third kappa shape index (κ3) is 8.43. The van der Waals surface area contributed by atoms with Gasteiger partial charge in [-0.05, 0) is 61.4 Å². The Labute approximate surface area is 229 Å². The van der Waals surface area contributed by atoms with Crippen LogP contribution in [-0.2, 0) is 20.8 Å². The van der Waals surface area contributed by atoms with Crippen molar-refractivity contribution in [2.75, 3.05) is 19.8 Å². The van der Waals surface area contributed by atoms with Gasteiger partial charge in [-0.2, -0.15) is 0 Å². The first-order valence-corrected chi connectivity index (χ1v) is 12.9. The molecule has 0 bridgehead atoms. The van der Waals surface area contributed by atoms with Crippen LogP contribution in [0.25, 0.3) is 11.3 Å². The molecule has 0 saturated heterocycles. The molecule has 0 aliphatic rings. The minimum Gasteiger partial charge on any atom is -0.490 e. The molecule has 7 nitrogen and oxygen atoms in total. The fourth-order valence-corrected chi connectivity index (χ4v) is 3.82. The Morgan fingerprint density at radius 3 is 2.28 bits per heavy atom. The van der Waals surface area contributed by atoms with Crippen molar-refractivity contribution in [3.8, 4) is 22.8 Å². The van der Waals surface area contributed by atoms with Gasteiger partial charge in [0, 0.05) is 18.2 Å². The molecule has 1 heterocycles. The van der Waals surface area contributed by atoms with Gasteiger partial charge in [-0.3, -0.25) is 4.98 Å². The van der Waals surface area contributed by atoms with Gasteiger partial charge in [0.1, 0.15) is 18.1 Å². The van der Waals surface area contributed by atoms with Gasteiger partial charge in [-0.25, -0.2) is 4.79 Å². The molecule has 4 rings (SSSR count). The number of carbonyl (C=O) groups excluding carboxylic acids is 1. The third-order valence-electron chi connectivity index (χ3n) is 5.82. The van der Waals surface area contributed by atoms with Crippen LogP contribution in [0.3, 0.4) is 0 Å². The molecular weight excluding hydrogens is 492 g/mol. The molecule has 0 aliphatic carbocycles. The van der Waals surface area contributed by atoms with Crippen molar-refractivity contribution in [1.29, 1.82) is 0 Å². The molecule has 200 valence electrons. The number of rotatable bonds is 13. The van der Waals surface area contributed by atoms with Gasteiger partial charge in [-0.1, -0.05) is 65.8 Å². The average Bonchev–Trinajstić information content (AvgIpc) is 2.98. The van der Waals surface area contributed by atoms with Crippen LogP contribution in [-0.4, -0.2) is 42.6 Å². The smallest absolute Gasteiger partial charge is 0.347 e. The maximum Gasteiger partial charge on any atom is 0.347 e. The van der Waals surface area contributed by atoms with E-state index >= 15 is 0 Å². The number of nitrogens with zero attached hydrogens (tertiary/aromatic N) is 2. The van der Waals surface area contributed by atoms with E-state index in [1.165, 1.54) is 0 Å². The van der Waals surface area contributed by atoms with Crippen LogP contribution in [0.2, 0.25) is 0 Å². The fraction of sp³-hybridized carbons (Fsp3) is 0.219. The zero-order chi connectivity index (χ0) is 27.3. The lowest BCUT2D eigenvalue weighted by atomic mass is 10.1. The molecule has 0 spiro atoms. The lowest BCUT2D eigenvalue weighted by Gasteiger charge is -2.18. The maximum atomic E-state index is 12.4. The minimum atomic E-state index is -0.736. The number of para-hydroxylation sites is 1. The van der Waals surface area contributed by atoms with Crippen LogP contribution in [0, 0.1) is 0 Å². The highest BCUT2D eigenvalue weighted by Crippen LogP contribution is 2.19. The quantitative estimate of drug-likeness (QED) is 0.0907. The number of ether oxygens (including phenoxy) is 3. The van der Waals surface area contributed by atoms with Crippen molar-refractivity contribution < 1.29 is 23.8 Å². The summed E-state index contributed by atoms with van der Waals surface area (Å²) in [7, 11) is 0. The highest BCUT2D eigenvalue weighted by molar-refractivity contribution is 5.98. The monoisotopic (exact) mass is 524 g/mol. The van der Waals surface area contributed by atoms with E-state index in [0.29, 0.717) is 37.7 Å². The number of oxime groups is 1. The summed E-state index contributed by atoms with van der Waals surface area (Å²) in [5, 5.41) is 4.20. The fourth-order valence-electron chi connectivity index (χ4n) is 3.82. The topological polar surface area (TPSA) is 79.2 Å². The summed E-state index contributed by atoms with van der Waals surface area (Å²) in [5.41, 5.74) is 4.67. The normalized spacial score (nSPS) is 11.9. The van der Waals surface area contributed by atoms with E-state index in [1.54, 1.807) is 13.1 Å². The molecule has 0 aliphatic heterocycles. The zero-order valence-electron chi connectivity index (χ0n) is 22.2. The molecule has 0 saturated carbocycles. The van der Waals surface area contributed by atoms with E-state index in [1.807, 2.05) is 104 Å². The Morgan fingerprint density at radius 2 is 1.59 bits per heavy atom. The molecule has 3 aromatic carbocycles. The molecule has 4 aromatic rings. The van der Waals surface area contributed by atoms with Crippen LogP contribution in [0.1, 0.15) is 25.0 Å². The van der Waals surface area contributed by atoms with Gasteiger partial charge in [0.05, 0.1) is 18.0 Å². The molecule has 1 unspecified atom stereocenters. The van der Waals surface area contributed by atoms with E-state index < -0.39 is 6.10 Å². The Hall–Kier alpha value is -4.65. The summed E-state index contributed by atoms with van der Waals surface area (Å²) in [4.78, 5) is 22.3. The largest absolute Gasteiger partial charge is 0.490 e. The number of esters is 1. The van der Waals surface area contributed by atoms with Crippen LogP contribution >= 0.6 is 0 Å². The average molecular weight is 525 g/mol. The van der Waals surface area contributed by atoms with Crippen LogP contribution in [0.5, 0.6) is 11.5 Å². The Morgan fingerprint density at radius 1 is 0.846 bits per heavy atom. The first-order chi connectivity index (χ1) is 19.1. The van der Waals surface area contributed by atoms with E-state index in [2.05, 4.69) is 10.1 Å². The SMILES string of the molecule is CCOC(=O)C(Cc1ccc(OCCON=C(C)c2ccc(-c3ccccn3)cc2)cc1)Oc1ccccc1. The highest BCUT2D eigenvalue weighted by atomic mass is 16.6. The molecular formula is C32H32N2O5. The Kier molecular flexibility index (Phi) is 10.1. The summed E-state index contributed by atoms with van der Waals surface area (Å²) in [6.07, 6.45) is 1.43. The lowest BCUT2D eigenvalue weighted by molar-refractivity contribution is -0.151. The van der Waals surface area contributed by atoms with Gasteiger partial charge in [-0.15, -0.1) is 0 Å². The highest BCUT2D eigenvalue weighted by Gasteiger charge is 2.22. The number of pyridine rings is 1. The predicted molar refractivity (Wildman–Crippen MR) is 151 cm³/mol. The van der Waals surface area contributed by atoms with Crippen molar-refractivity contribution in [3.63, 3.8) is 0 Å². The Bertz CT molecular complexity index is 1320. The van der Waals surface area contributed by atoms with E-state index in [-0.39, 0.29) is 5.97 Å². The van der Waals surface area contributed by atoms with Crippen molar-refractivity contribution in [2.24, 2.45) is 5.16 Å². The lowest BCUT2D eigenvalue weighted by Crippen LogP contribution is -2.31. The maximum absolute atomic E-state index is 12.4. The first-order valence-electron chi connectivity index (χ1n) is 12.9. The molecule has 0 fully saturated rings. The summed E-state index contributed by atoms with van der Waals surface area (Å²) in [6, 6.07) is 30.7. The summed E-state index contributed by atoms with van der Waals surface area (Å²) >= 11 is 0. The van der Waals surface area contributed by atoms with E-state index in [9.17, 15) is 4.79 Å². The third-order valence-corrected chi connectivity index (χ3v) is 5.82. The second-order valence-electron chi connectivity index (χ2n) is 8.67. The first kappa shape index (κ1) is 27.4. The standard InChI is InChI=1S/C32H32N2O5/c1-3-36-32(35)31(39-29-9-5-4-6-10-29)23-25-12-18-28(19-13-25)37-21-22-38-34-24(2)26-14-16-27(17-15-26)30-11-7-8-20-33-30/h4-20,31H,3,21-23H2,1-2H3. The second-order valence-corrected chi connectivity index (χ2v) is 8.67. The van der Waals surface area contributed by atoms with Crippen LogP contribution < -0.4 is 9.47 Å². The molecule has 7 heteroatoms. The number of benzene rings is 3. The van der Waals surface area contributed by atoms with E-state index in [0.717, 1.165) is 28.1 Å². The number of aromatic nitrogens is 1. The molecule has 0 N–H and O–H groups in total. The zero-order valence-corrected chi connectivity index (χ0v) is 22.2. The van der Waals surface area contributed by atoms with Crippen molar-refractivity contribution in [3.05, 3.63) is 114 Å². The van der Waals surface area contributed by atoms with Gasteiger partial charge in [0.15, 0.2) is 12.7 Å². The second kappa shape index (κ2) is 14.3. The van der Waals surface area contributed by atoms with Crippen LogP contribution in [0.15, 0.2) is 108 Å². The Balaban J connectivity index is 1.23. The molecule has 0 amide bonds. The van der Waals surface area contributed by atoms with Crippen molar-refractivity contribution >= 4 is 11.7 Å². The number of hydrogen-bond donors (Lipinski definition) is 0. The van der Waals surface area contributed by atoms with Crippen molar-refractivity contribution in [1.82, 2.24) is 4.98 Å². The summed E-state index contributed by atoms with van der Waals surface area (Å²) in [6.45, 7) is 4.63.